The molecule has 1 N–H and O–H groups in total. The molecule has 1 aliphatic heterocycles. The average molecular weight is 391 g/mol. The zero-order valence-corrected chi connectivity index (χ0v) is 16.5. The summed E-state index contributed by atoms with van der Waals surface area (Å²) < 4.78 is 0. The van der Waals surface area contributed by atoms with Crippen LogP contribution in [0, 0.1) is 12.8 Å². The van der Waals surface area contributed by atoms with Crippen LogP contribution in [0.1, 0.15) is 29.5 Å². The van der Waals surface area contributed by atoms with Crippen molar-refractivity contribution in [3.63, 3.8) is 0 Å². The fraction of sp³-hybridized carbons (Fsp3) is 0.381. The molecule has 0 spiro atoms. The number of nitrogens with zero attached hydrogens (tertiary/aromatic N) is 1. The van der Waals surface area contributed by atoms with E-state index in [1.54, 1.807) is 12.1 Å². The SMILES string of the molecule is Cc1ccc(CN2CCC(C(=O)NCc3ccc(Cl)cc3Cl)CC2)cc1. The van der Waals surface area contributed by atoms with Gasteiger partial charge in [-0.15, -0.1) is 0 Å². The minimum absolute atomic E-state index is 0.0790. The van der Waals surface area contributed by atoms with Gasteiger partial charge in [0.2, 0.25) is 5.91 Å². The summed E-state index contributed by atoms with van der Waals surface area (Å²) in [6, 6.07) is 14.0. The monoisotopic (exact) mass is 390 g/mol. The summed E-state index contributed by atoms with van der Waals surface area (Å²) in [5.41, 5.74) is 3.50. The third-order valence-corrected chi connectivity index (χ3v) is 5.54. The number of likely N-dealkylation sites (tertiary alicyclic amines) is 1. The summed E-state index contributed by atoms with van der Waals surface area (Å²) in [7, 11) is 0. The molecular formula is C21H24Cl2N2O. The van der Waals surface area contributed by atoms with Gasteiger partial charge in [-0.3, -0.25) is 9.69 Å². The van der Waals surface area contributed by atoms with E-state index in [4.69, 9.17) is 23.2 Å². The molecule has 0 aromatic heterocycles. The quantitative estimate of drug-likeness (QED) is 0.792. The maximum absolute atomic E-state index is 12.5. The van der Waals surface area contributed by atoms with E-state index in [2.05, 4.69) is 41.4 Å². The van der Waals surface area contributed by atoms with Crippen LogP contribution in [0.25, 0.3) is 0 Å². The first-order valence-corrected chi connectivity index (χ1v) is 9.76. The number of aryl methyl sites for hydroxylation is 1. The molecule has 2 aromatic carbocycles. The van der Waals surface area contributed by atoms with Crippen molar-refractivity contribution < 1.29 is 4.79 Å². The van der Waals surface area contributed by atoms with E-state index in [0.717, 1.165) is 38.0 Å². The van der Waals surface area contributed by atoms with Crippen molar-refractivity contribution in [2.24, 2.45) is 5.92 Å². The summed E-state index contributed by atoms with van der Waals surface area (Å²) >= 11 is 12.1. The predicted molar refractivity (Wildman–Crippen MR) is 107 cm³/mol. The molecule has 5 heteroatoms. The van der Waals surface area contributed by atoms with Gasteiger partial charge in [-0.2, -0.15) is 0 Å². The van der Waals surface area contributed by atoms with Gasteiger partial charge in [0, 0.05) is 29.1 Å². The average Bonchev–Trinajstić information content (AvgIpc) is 2.63. The number of carbonyl (C=O) groups excluding carboxylic acids is 1. The fourth-order valence-electron chi connectivity index (χ4n) is 3.30. The third kappa shape index (κ3) is 5.23. The van der Waals surface area contributed by atoms with Crippen LogP contribution in [0.5, 0.6) is 0 Å². The Kier molecular flexibility index (Phi) is 6.58. The van der Waals surface area contributed by atoms with Crippen molar-refractivity contribution in [2.75, 3.05) is 13.1 Å². The summed E-state index contributed by atoms with van der Waals surface area (Å²) in [5, 5.41) is 4.21. The Balaban J connectivity index is 1.45. The van der Waals surface area contributed by atoms with E-state index < -0.39 is 0 Å². The third-order valence-electron chi connectivity index (χ3n) is 4.95. The molecule has 0 saturated carbocycles. The fourth-order valence-corrected chi connectivity index (χ4v) is 3.77. The van der Waals surface area contributed by atoms with E-state index in [0.29, 0.717) is 16.6 Å². The van der Waals surface area contributed by atoms with E-state index in [-0.39, 0.29) is 11.8 Å². The van der Waals surface area contributed by atoms with Gasteiger partial charge < -0.3 is 5.32 Å². The second-order valence-corrected chi connectivity index (χ2v) is 7.83. The summed E-state index contributed by atoms with van der Waals surface area (Å²) in [5.74, 6) is 0.196. The van der Waals surface area contributed by atoms with Crippen LogP contribution in [0.4, 0.5) is 0 Å². The Morgan fingerprint density at radius 2 is 1.81 bits per heavy atom. The van der Waals surface area contributed by atoms with Gasteiger partial charge in [0.05, 0.1) is 0 Å². The maximum atomic E-state index is 12.5. The minimum atomic E-state index is 0.0790. The van der Waals surface area contributed by atoms with Crippen molar-refractivity contribution in [3.8, 4) is 0 Å². The summed E-state index contributed by atoms with van der Waals surface area (Å²) in [6.45, 7) is 5.40. The van der Waals surface area contributed by atoms with Gasteiger partial charge >= 0.3 is 0 Å². The molecule has 1 saturated heterocycles. The van der Waals surface area contributed by atoms with Gasteiger partial charge in [-0.1, -0.05) is 59.1 Å². The molecule has 0 radical (unpaired) electrons. The molecule has 26 heavy (non-hydrogen) atoms. The highest BCUT2D eigenvalue weighted by Gasteiger charge is 2.24. The first-order valence-electron chi connectivity index (χ1n) is 9.01. The lowest BCUT2D eigenvalue weighted by Gasteiger charge is -2.31. The van der Waals surface area contributed by atoms with Gasteiger partial charge in [0.25, 0.3) is 0 Å². The largest absolute Gasteiger partial charge is 0.352 e. The lowest BCUT2D eigenvalue weighted by Crippen LogP contribution is -2.40. The van der Waals surface area contributed by atoms with Crippen LogP contribution >= 0.6 is 23.2 Å². The highest BCUT2D eigenvalue weighted by Crippen LogP contribution is 2.22. The molecular weight excluding hydrogens is 367 g/mol. The Morgan fingerprint density at radius 3 is 2.46 bits per heavy atom. The number of carbonyl (C=O) groups is 1. The summed E-state index contributed by atoms with van der Waals surface area (Å²) in [6.07, 6.45) is 1.79. The molecule has 0 aliphatic carbocycles. The standard InChI is InChI=1S/C21H24Cl2N2O/c1-15-2-4-16(5-3-15)14-25-10-8-17(9-11-25)21(26)24-13-18-6-7-19(22)12-20(18)23/h2-7,12,17H,8-11,13-14H2,1H3,(H,24,26). The second kappa shape index (κ2) is 8.90. The zero-order valence-electron chi connectivity index (χ0n) is 15.0. The Hall–Kier alpha value is -1.55. The van der Waals surface area contributed by atoms with Crippen LogP contribution < -0.4 is 5.32 Å². The number of rotatable bonds is 5. The zero-order chi connectivity index (χ0) is 18.5. The van der Waals surface area contributed by atoms with E-state index in [1.807, 2.05) is 6.07 Å². The van der Waals surface area contributed by atoms with Crippen LogP contribution in [0.15, 0.2) is 42.5 Å². The maximum Gasteiger partial charge on any atom is 0.223 e. The highest BCUT2D eigenvalue weighted by atomic mass is 35.5. The van der Waals surface area contributed by atoms with Gasteiger partial charge in [-0.25, -0.2) is 0 Å². The molecule has 0 unspecified atom stereocenters. The van der Waals surface area contributed by atoms with Crippen LogP contribution in [-0.4, -0.2) is 23.9 Å². The molecule has 2 aromatic rings. The Bertz CT molecular complexity index is 753. The van der Waals surface area contributed by atoms with E-state index >= 15 is 0 Å². The number of amides is 1. The molecule has 1 heterocycles. The molecule has 0 bridgehead atoms. The number of hydrogen-bond acceptors (Lipinski definition) is 2. The number of nitrogens with one attached hydrogen (secondary N) is 1. The number of hydrogen-bond donors (Lipinski definition) is 1. The molecule has 1 fully saturated rings. The van der Waals surface area contributed by atoms with E-state index in [9.17, 15) is 4.79 Å². The topological polar surface area (TPSA) is 32.3 Å². The first kappa shape index (κ1) is 19.2. The first-order chi connectivity index (χ1) is 12.5. The van der Waals surface area contributed by atoms with Gasteiger partial charge in [0.1, 0.15) is 0 Å². The highest BCUT2D eigenvalue weighted by molar-refractivity contribution is 6.35. The molecule has 1 amide bonds. The van der Waals surface area contributed by atoms with Crippen molar-refractivity contribution in [1.82, 2.24) is 10.2 Å². The van der Waals surface area contributed by atoms with Crippen molar-refractivity contribution in [2.45, 2.75) is 32.9 Å². The number of benzene rings is 2. The van der Waals surface area contributed by atoms with Crippen LogP contribution in [0.2, 0.25) is 10.0 Å². The Labute approximate surface area is 165 Å². The molecule has 1 aliphatic rings. The molecule has 138 valence electrons. The molecule has 3 nitrogen and oxygen atoms in total. The van der Waals surface area contributed by atoms with Crippen LogP contribution in [0.3, 0.4) is 0 Å². The van der Waals surface area contributed by atoms with Crippen molar-refractivity contribution >= 4 is 29.1 Å². The van der Waals surface area contributed by atoms with Gasteiger partial charge in [-0.05, 0) is 56.1 Å². The van der Waals surface area contributed by atoms with Crippen LogP contribution in [-0.2, 0) is 17.9 Å². The number of piperidine rings is 1. The summed E-state index contributed by atoms with van der Waals surface area (Å²) in [4.78, 5) is 14.9. The number of halogens is 2. The normalized spacial score (nSPS) is 15.8. The van der Waals surface area contributed by atoms with Crippen molar-refractivity contribution in [3.05, 3.63) is 69.2 Å². The molecule has 0 atom stereocenters. The minimum Gasteiger partial charge on any atom is -0.352 e. The Morgan fingerprint density at radius 1 is 1.12 bits per heavy atom. The lowest BCUT2D eigenvalue weighted by atomic mass is 9.95. The lowest BCUT2D eigenvalue weighted by molar-refractivity contribution is -0.126. The predicted octanol–water partition coefficient (Wildman–Crippen LogP) is 4.83. The second-order valence-electron chi connectivity index (χ2n) is 6.99. The molecule has 3 rings (SSSR count). The van der Waals surface area contributed by atoms with Crippen molar-refractivity contribution in [1.29, 1.82) is 0 Å². The smallest absolute Gasteiger partial charge is 0.223 e. The van der Waals surface area contributed by atoms with Gasteiger partial charge in [0.15, 0.2) is 0 Å². The van der Waals surface area contributed by atoms with E-state index in [1.165, 1.54) is 11.1 Å².